The third-order valence-electron chi connectivity index (χ3n) is 4.42. The molecule has 1 aliphatic rings. The van der Waals surface area contributed by atoms with Crippen LogP contribution in [0.3, 0.4) is 0 Å². The zero-order chi connectivity index (χ0) is 15.0. The number of benzene rings is 1. The number of nitriles is 1. The number of hydrogen-bond acceptors (Lipinski definition) is 2. The van der Waals surface area contributed by atoms with E-state index in [4.69, 9.17) is 5.26 Å². The maximum atomic E-state index is 9.01. The summed E-state index contributed by atoms with van der Waals surface area (Å²) in [5, 5.41) is 9.01. The van der Waals surface area contributed by atoms with Crippen LogP contribution in [0.25, 0.3) is 17.3 Å². The van der Waals surface area contributed by atoms with Crippen molar-refractivity contribution in [2.24, 2.45) is 0 Å². The molecule has 0 bridgehead atoms. The van der Waals surface area contributed by atoms with Crippen molar-refractivity contribution in [1.29, 1.82) is 5.26 Å². The molecule has 1 aromatic carbocycles. The van der Waals surface area contributed by atoms with Gasteiger partial charge >= 0.3 is 0 Å². The summed E-state index contributed by atoms with van der Waals surface area (Å²) in [5.74, 6) is 0. The highest BCUT2D eigenvalue weighted by Crippen LogP contribution is 2.43. The topological polar surface area (TPSA) is 36.7 Å². The van der Waals surface area contributed by atoms with Gasteiger partial charge < -0.3 is 0 Å². The third kappa shape index (κ3) is 2.15. The fourth-order valence-electron chi connectivity index (χ4n) is 3.15. The summed E-state index contributed by atoms with van der Waals surface area (Å²) in [7, 11) is 0. The number of nitrogens with zero attached hydrogens (tertiary/aromatic N) is 2. The standard InChI is InChI=1S/C19H18N2/c1-4-16-11-15-10-14(5-6-17(15)19(16,2)3)18-9-13(12-20)7-8-21-18/h5-11H,4H2,1-3H3. The summed E-state index contributed by atoms with van der Waals surface area (Å²) >= 11 is 0. The fourth-order valence-corrected chi connectivity index (χ4v) is 3.15. The summed E-state index contributed by atoms with van der Waals surface area (Å²) in [4.78, 5) is 4.39. The minimum atomic E-state index is 0.116. The van der Waals surface area contributed by atoms with Gasteiger partial charge in [0, 0.05) is 17.2 Å². The van der Waals surface area contributed by atoms with Crippen LogP contribution in [0.5, 0.6) is 0 Å². The van der Waals surface area contributed by atoms with Gasteiger partial charge in [-0.2, -0.15) is 5.26 Å². The highest BCUT2D eigenvalue weighted by Gasteiger charge is 2.31. The number of rotatable bonds is 2. The predicted octanol–water partition coefficient (Wildman–Crippen LogP) is 4.70. The van der Waals surface area contributed by atoms with Gasteiger partial charge in [0.25, 0.3) is 0 Å². The van der Waals surface area contributed by atoms with Crippen molar-refractivity contribution >= 4 is 6.08 Å². The van der Waals surface area contributed by atoms with Crippen molar-refractivity contribution in [3.05, 3.63) is 58.8 Å². The molecule has 2 nitrogen and oxygen atoms in total. The Labute approximate surface area is 125 Å². The Morgan fingerprint density at radius 2 is 2.00 bits per heavy atom. The second-order valence-electron chi connectivity index (χ2n) is 5.99. The van der Waals surface area contributed by atoms with E-state index in [9.17, 15) is 0 Å². The van der Waals surface area contributed by atoms with Gasteiger partial charge in [-0.1, -0.05) is 44.6 Å². The van der Waals surface area contributed by atoms with Crippen LogP contribution in [0, 0.1) is 11.3 Å². The molecule has 0 radical (unpaired) electrons. The second kappa shape index (κ2) is 4.86. The average molecular weight is 274 g/mol. The van der Waals surface area contributed by atoms with Gasteiger partial charge in [0.15, 0.2) is 0 Å². The van der Waals surface area contributed by atoms with Crippen molar-refractivity contribution in [2.75, 3.05) is 0 Å². The molecular weight excluding hydrogens is 256 g/mol. The molecule has 0 amide bonds. The summed E-state index contributed by atoms with van der Waals surface area (Å²) in [6.07, 6.45) is 5.06. The van der Waals surface area contributed by atoms with Crippen molar-refractivity contribution in [1.82, 2.24) is 4.98 Å². The molecule has 1 heterocycles. The van der Waals surface area contributed by atoms with Gasteiger partial charge in [-0.05, 0) is 35.7 Å². The maximum Gasteiger partial charge on any atom is 0.0992 e. The van der Waals surface area contributed by atoms with Crippen molar-refractivity contribution in [3.8, 4) is 17.3 Å². The van der Waals surface area contributed by atoms with E-state index in [-0.39, 0.29) is 5.41 Å². The monoisotopic (exact) mass is 274 g/mol. The van der Waals surface area contributed by atoms with Crippen LogP contribution in [0.1, 0.15) is 43.9 Å². The van der Waals surface area contributed by atoms with E-state index in [1.807, 2.05) is 6.07 Å². The van der Waals surface area contributed by atoms with Crippen LogP contribution in [0.2, 0.25) is 0 Å². The SMILES string of the molecule is CCC1=Cc2cc(-c3cc(C#N)ccn3)ccc2C1(C)C. The summed E-state index contributed by atoms with van der Waals surface area (Å²) in [5.41, 5.74) is 6.80. The number of aromatic nitrogens is 1. The second-order valence-corrected chi connectivity index (χ2v) is 5.99. The fraction of sp³-hybridized carbons (Fsp3) is 0.263. The minimum Gasteiger partial charge on any atom is -0.256 e. The molecule has 0 fully saturated rings. The lowest BCUT2D eigenvalue weighted by atomic mass is 9.80. The average Bonchev–Trinajstić information content (AvgIpc) is 2.77. The van der Waals surface area contributed by atoms with Crippen LogP contribution in [0.4, 0.5) is 0 Å². The van der Waals surface area contributed by atoms with Gasteiger partial charge in [0.05, 0.1) is 17.3 Å². The lowest BCUT2D eigenvalue weighted by molar-refractivity contribution is 0.618. The molecule has 0 aliphatic heterocycles. The van der Waals surface area contributed by atoms with E-state index in [0.717, 1.165) is 17.7 Å². The van der Waals surface area contributed by atoms with Crippen LogP contribution >= 0.6 is 0 Å². The zero-order valence-electron chi connectivity index (χ0n) is 12.6. The molecule has 2 aromatic rings. The molecule has 0 unspecified atom stereocenters. The molecule has 0 spiro atoms. The van der Waals surface area contributed by atoms with E-state index in [0.29, 0.717) is 5.56 Å². The number of fused-ring (bicyclic) bond motifs is 1. The largest absolute Gasteiger partial charge is 0.256 e. The summed E-state index contributed by atoms with van der Waals surface area (Å²) in [6, 6.07) is 12.2. The minimum absolute atomic E-state index is 0.116. The molecule has 2 heteroatoms. The first kappa shape index (κ1) is 13.6. The molecule has 1 aromatic heterocycles. The van der Waals surface area contributed by atoms with Gasteiger partial charge in [-0.15, -0.1) is 0 Å². The third-order valence-corrected chi connectivity index (χ3v) is 4.42. The van der Waals surface area contributed by atoms with Crippen molar-refractivity contribution < 1.29 is 0 Å². The summed E-state index contributed by atoms with van der Waals surface area (Å²) < 4.78 is 0. The van der Waals surface area contributed by atoms with Gasteiger partial charge in [0.2, 0.25) is 0 Å². The molecule has 0 saturated heterocycles. The smallest absolute Gasteiger partial charge is 0.0992 e. The quantitative estimate of drug-likeness (QED) is 0.795. The molecule has 21 heavy (non-hydrogen) atoms. The first-order chi connectivity index (χ1) is 10.1. The zero-order valence-corrected chi connectivity index (χ0v) is 12.6. The summed E-state index contributed by atoms with van der Waals surface area (Å²) in [6.45, 7) is 6.77. The van der Waals surface area contributed by atoms with Gasteiger partial charge in [-0.3, -0.25) is 4.98 Å². The lowest BCUT2D eigenvalue weighted by Crippen LogP contribution is -2.16. The maximum absolute atomic E-state index is 9.01. The Morgan fingerprint density at radius 3 is 2.71 bits per heavy atom. The van der Waals surface area contributed by atoms with E-state index in [1.54, 1.807) is 12.3 Å². The van der Waals surface area contributed by atoms with E-state index in [2.05, 4.69) is 56.1 Å². The van der Waals surface area contributed by atoms with Crippen LogP contribution in [-0.4, -0.2) is 4.98 Å². The highest BCUT2D eigenvalue weighted by molar-refractivity contribution is 5.74. The van der Waals surface area contributed by atoms with E-state index < -0.39 is 0 Å². The molecule has 0 N–H and O–H groups in total. The van der Waals surface area contributed by atoms with Gasteiger partial charge in [-0.25, -0.2) is 0 Å². The highest BCUT2D eigenvalue weighted by atomic mass is 14.7. The van der Waals surface area contributed by atoms with E-state index >= 15 is 0 Å². The molecule has 0 atom stereocenters. The van der Waals surface area contributed by atoms with Crippen molar-refractivity contribution in [2.45, 2.75) is 32.6 Å². The number of pyridine rings is 1. The van der Waals surface area contributed by atoms with Crippen molar-refractivity contribution in [3.63, 3.8) is 0 Å². The van der Waals surface area contributed by atoms with Gasteiger partial charge in [0.1, 0.15) is 0 Å². The lowest BCUT2D eigenvalue weighted by Gasteiger charge is -2.24. The Morgan fingerprint density at radius 1 is 1.19 bits per heavy atom. The normalized spacial score (nSPS) is 15.2. The Balaban J connectivity index is 2.10. The molecule has 3 rings (SSSR count). The predicted molar refractivity (Wildman–Crippen MR) is 85.7 cm³/mol. The van der Waals surface area contributed by atoms with Crippen LogP contribution in [-0.2, 0) is 5.41 Å². The molecule has 0 saturated carbocycles. The van der Waals surface area contributed by atoms with E-state index in [1.165, 1.54) is 16.7 Å². The van der Waals surface area contributed by atoms with Crippen LogP contribution < -0.4 is 0 Å². The first-order valence-electron chi connectivity index (χ1n) is 7.28. The molecule has 104 valence electrons. The Kier molecular flexibility index (Phi) is 3.14. The molecular formula is C19H18N2. The Bertz CT molecular complexity index is 776. The van der Waals surface area contributed by atoms with Crippen LogP contribution in [0.15, 0.2) is 42.1 Å². The number of allylic oxidation sites excluding steroid dienone is 1. The Hall–Kier alpha value is -2.40. The number of hydrogen-bond donors (Lipinski definition) is 0. The molecule has 1 aliphatic carbocycles. The first-order valence-corrected chi connectivity index (χ1v) is 7.28.